The van der Waals surface area contributed by atoms with Crippen molar-refractivity contribution >= 4 is 11.7 Å². The standard InChI is InChI=1S/C23H28N2O2/c1-17-13-18(2)23(19(3)14-17)21(26)16-24-9-11-25(12-10-24)22(27)15-20-7-5-4-6-8-20/h4-8,13-14H,9-12,15-16H2,1-3H3. The van der Waals surface area contributed by atoms with Crippen molar-refractivity contribution in [3.05, 3.63) is 70.3 Å². The lowest BCUT2D eigenvalue weighted by molar-refractivity contribution is -0.132. The van der Waals surface area contributed by atoms with Crippen LogP contribution >= 0.6 is 0 Å². The molecular formula is C23H28N2O2. The summed E-state index contributed by atoms with van der Waals surface area (Å²) in [5, 5.41) is 0. The number of carbonyl (C=O) groups is 2. The smallest absolute Gasteiger partial charge is 0.227 e. The van der Waals surface area contributed by atoms with Gasteiger partial charge in [-0.2, -0.15) is 0 Å². The van der Waals surface area contributed by atoms with E-state index in [1.54, 1.807) is 0 Å². The van der Waals surface area contributed by atoms with Crippen LogP contribution in [0.15, 0.2) is 42.5 Å². The van der Waals surface area contributed by atoms with Crippen LogP contribution in [0.2, 0.25) is 0 Å². The number of piperazine rings is 1. The van der Waals surface area contributed by atoms with Crippen molar-refractivity contribution < 1.29 is 9.59 Å². The largest absolute Gasteiger partial charge is 0.340 e. The predicted molar refractivity (Wildman–Crippen MR) is 108 cm³/mol. The van der Waals surface area contributed by atoms with Crippen LogP contribution in [-0.4, -0.2) is 54.2 Å². The van der Waals surface area contributed by atoms with E-state index < -0.39 is 0 Å². The molecule has 0 aliphatic carbocycles. The summed E-state index contributed by atoms with van der Waals surface area (Å²) in [7, 11) is 0. The Hall–Kier alpha value is -2.46. The average molecular weight is 364 g/mol. The summed E-state index contributed by atoms with van der Waals surface area (Å²) in [5.74, 6) is 0.339. The van der Waals surface area contributed by atoms with Crippen LogP contribution in [0.4, 0.5) is 0 Å². The first-order valence-corrected chi connectivity index (χ1v) is 9.59. The van der Waals surface area contributed by atoms with Gasteiger partial charge in [0.15, 0.2) is 5.78 Å². The van der Waals surface area contributed by atoms with E-state index in [2.05, 4.69) is 24.0 Å². The highest BCUT2D eigenvalue weighted by Gasteiger charge is 2.23. The Bertz CT molecular complexity index is 799. The highest BCUT2D eigenvalue weighted by Crippen LogP contribution is 2.18. The maximum absolute atomic E-state index is 12.8. The molecule has 1 heterocycles. The minimum absolute atomic E-state index is 0.164. The highest BCUT2D eigenvalue weighted by atomic mass is 16.2. The minimum Gasteiger partial charge on any atom is -0.340 e. The average Bonchev–Trinajstić information content (AvgIpc) is 2.62. The van der Waals surface area contributed by atoms with E-state index in [1.165, 1.54) is 5.56 Å². The molecule has 3 rings (SSSR count). The van der Waals surface area contributed by atoms with E-state index in [-0.39, 0.29) is 11.7 Å². The second-order valence-electron chi connectivity index (χ2n) is 7.52. The Morgan fingerprint density at radius 2 is 1.48 bits per heavy atom. The van der Waals surface area contributed by atoms with Crippen LogP contribution in [0.25, 0.3) is 0 Å². The number of Topliss-reactive ketones (excluding diaryl/α,β-unsaturated/α-hetero) is 1. The number of ketones is 1. The van der Waals surface area contributed by atoms with Gasteiger partial charge in [0.25, 0.3) is 0 Å². The van der Waals surface area contributed by atoms with Gasteiger partial charge in [0, 0.05) is 31.7 Å². The fraction of sp³-hybridized carbons (Fsp3) is 0.391. The zero-order valence-electron chi connectivity index (χ0n) is 16.5. The van der Waals surface area contributed by atoms with E-state index in [1.807, 2.05) is 49.1 Å². The maximum Gasteiger partial charge on any atom is 0.227 e. The number of aryl methyl sites for hydroxylation is 3. The molecule has 2 aromatic rings. The molecule has 0 radical (unpaired) electrons. The first-order valence-electron chi connectivity index (χ1n) is 9.59. The van der Waals surface area contributed by atoms with Crippen molar-refractivity contribution in [2.24, 2.45) is 0 Å². The third-order valence-corrected chi connectivity index (χ3v) is 5.25. The minimum atomic E-state index is 0.164. The van der Waals surface area contributed by atoms with Gasteiger partial charge in [-0.1, -0.05) is 48.0 Å². The SMILES string of the molecule is Cc1cc(C)c(C(=O)CN2CCN(C(=O)Cc3ccccc3)CC2)c(C)c1. The second kappa shape index (κ2) is 8.49. The molecule has 1 saturated heterocycles. The van der Waals surface area contributed by atoms with E-state index >= 15 is 0 Å². The number of amides is 1. The maximum atomic E-state index is 12.8. The summed E-state index contributed by atoms with van der Waals surface area (Å²) < 4.78 is 0. The second-order valence-corrected chi connectivity index (χ2v) is 7.52. The normalized spacial score (nSPS) is 15.0. The van der Waals surface area contributed by atoms with Crippen molar-refractivity contribution in [1.82, 2.24) is 9.80 Å². The summed E-state index contributed by atoms with van der Waals surface area (Å²) in [4.78, 5) is 29.4. The molecule has 1 amide bonds. The molecule has 1 aliphatic heterocycles. The van der Waals surface area contributed by atoms with Gasteiger partial charge in [0.05, 0.1) is 13.0 Å². The molecule has 142 valence electrons. The lowest BCUT2D eigenvalue weighted by Gasteiger charge is -2.34. The fourth-order valence-corrected chi connectivity index (χ4v) is 3.94. The molecule has 0 saturated carbocycles. The molecule has 0 unspecified atom stereocenters. The third kappa shape index (κ3) is 4.83. The van der Waals surface area contributed by atoms with Crippen molar-refractivity contribution in [1.29, 1.82) is 0 Å². The molecule has 27 heavy (non-hydrogen) atoms. The summed E-state index contributed by atoms with van der Waals surface area (Å²) >= 11 is 0. The van der Waals surface area contributed by atoms with E-state index in [0.29, 0.717) is 26.1 Å². The topological polar surface area (TPSA) is 40.6 Å². The first kappa shape index (κ1) is 19.3. The zero-order valence-corrected chi connectivity index (χ0v) is 16.5. The lowest BCUT2D eigenvalue weighted by Crippen LogP contribution is -2.50. The molecule has 1 aliphatic rings. The van der Waals surface area contributed by atoms with Gasteiger partial charge in [-0.05, 0) is 37.5 Å². The fourth-order valence-electron chi connectivity index (χ4n) is 3.94. The summed E-state index contributed by atoms with van der Waals surface area (Å²) in [6.45, 7) is 9.36. The summed E-state index contributed by atoms with van der Waals surface area (Å²) in [6, 6.07) is 14.0. The van der Waals surface area contributed by atoms with Crippen LogP contribution in [0.1, 0.15) is 32.6 Å². The number of hydrogen-bond acceptors (Lipinski definition) is 3. The van der Waals surface area contributed by atoms with Crippen LogP contribution < -0.4 is 0 Å². The van der Waals surface area contributed by atoms with Crippen LogP contribution in [0.3, 0.4) is 0 Å². The van der Waals surface area contributed by atoms with E-state index in [0.717, 1.165) is 35.3 Å². The van der Waals surface area contributed by atoms with E-state index in [4.69, 9.17) is 0 Å². The lowest BCUT2D eigenvalue weighted by atomic mass is 9.96. The molecule has 0 spiro atoms. The molecule has 1 fully saturated rings. The molecule has 0 atom stereocenters. The van der Waals surface area contributed by atoms with Crippen LogP contribution in [0.5, 0.6) is 0 Å². The molecular weight excluding hydrogens is 336 g/mol. The Morgan fingerprint density at radius 3 is 2.07 bits per heavy atom. The van der Waals surface area contributed by atoms with Crippen molar-refractivity contribution in [2.45, 2.75) is 27.2 Å². The number of rotatable bonds is 5. The van der Waals surface area contributed by atoms with Gasteiger partial charge in [0.2, 0.25) is 5.91 Å². The van der Waals surface area contributed by atoms with Gasteiger partial charge >= 0.3 is 0 Å². The third-order valence-electron chi connectivity index (χ3n) is 5.25. The molecule has 0 bridgehead atoms. The first-order chi connectivity index (χ1) is 12.9. The Balaban J connectivity index is 1.54. The summed E-state index contributed by atoms with van der Waals surface area (Å²) in [5.41, 5.74) is 5.18. The van der Waals surface area contributed by atoms with Gasteiger partial charge in [-0.3, -0.25) is 14.5 Å². The van der Waals surface area contributed by atoms with Gasteiger partial charge < -0.3 is 4.90 Å². The Labute approximate surface area is 161 Å². The number of benzene rings is 2. The van der Waals surface area contributed by atoms with Crippen molar-refractivity contribution in [3.8, 4) is 0 Å². The molecule has 2 aromatic carbocycles. The molecule has 4 heteroatoms. The van der Waals surface area contributed by atoms with E-state index in [9.17, 15) is 9.59 Å². The Morgan fingerprint density at radius 1 is 0.889 bits per heavy atom. The van der Waals surface area contributed by atoms with Crippen LogP contribution in [0, 0.1) is 20.8 Å². The molecule has 0 aromatic heterocycles. The van der Waals surface area contributed by atoms with Crippen molar-refractivity contribution in [2.75, 3.05) is 32.7 Å². The number of nitrogens with zero attached hydrogens (tertiary/aromatic N) is 2. The highest BCUT2D eigenvalue weighted by molar-refractivity contribution is 6.00. The number of carbonyl (C=O) groups excluding carboxylic acids is 2. The number of hydrogen-bond donors (Lipinski definition) is 0. The van der Waals surface area contributed by atoms with Gasteiger partial charge in [-0.15, -0.1) is 0 Å². The monoisotopic (exact) mass is 364 g/mol. The van der Waals surface area contributed by atoms with Gasteiger partial charge in [-0.25, -0.2) is 0 Å². The van der Waals surface area contributed by atoms with Crippen molar-refractivity contribution in [3.63, 3.8) is 0 Å². The Kier molecular flexibility index (Phi) is 6.07. The quantitative estimate of drug-likeness (QED) is 0.765. The predicted octanol–water partition coefficient (Wildman–Crippen LogP) is 3.18. The van der Waals surface area contributed by atoms with Crippen LogP contribution in [-0.2, 0) is 11.2 Å². The molecule has 0 N–H and O–H groups in total. The molecule has 4 nitrogen and oxygen atoms in total. The zero-order chi connectivity index (χ0) is 19.4. The van der Waals surface area contributed by atoms with Gasteiger partial charge in [0.1, 0.15) is 0 Å². The summed E-state index contributed by atoms with van der Waals surface area (Å²) in [6.07, 6.45) is 0.446.